The van der Waals surface area contributed by atoms with Gasteiger partial charge >= 0.3 is 0 Å². The molecule has 1 atom stereocenters. The van der Waals surface area contributed by atoms with E-state index in [1.54, 1.807) is 46.9 Å². The Balaban J connectivity index is 1.42. The van der Waals surface area contributed by atoms with Crippen LogP contribution in [0.3, 0.4) is 0 Å². The lowest BCUT2D eigenvalue weighted by Crippen LogP contribution is -2.26. The number of rotatable bonds is 6. The van der Waals surface area contributed by atoms with Crippen molar-refractivity contribution in [2.45, 2.75) is 18.4 Å². The van der Waals surface area contributed by atoms with E-state index in [0.717, 1.165) is 5.69 Å². The van der Waals surface area contributed by atoms with Crippen LogP contribution >= 0.6 is 11.3 Å². The molecule has 0 saturated carbocycles. The quantitative estimate of drug-likeness (QED) is 0.457. The molecule has 0 radical (unpaired) electrons. The second kappa shape index (κ2) is 8.58. The number of nitrogens with one attached hydrogen (secondary N) is 1. The van der Waals surface area contributed by atoms with Gasteiger partial charge in [0.2, 0.25) is 0 Å². The van der Waals surface area contributed by atoms with E-state index in [9.17, 15) is 13.6 Å². The topological polar surface area (TPSA) is 67.3 Å². The Labute approximate surface area is 175 Å². The number of amides is 1. The van der Waals surface area contributed by atoms with Gasteiger partial charge in [0.1, 0.15) is 5.75 Å². The smallest absolute Gasteiger partial charge is 0.267 e. The first-order valence-corrected chi connectivity index (χ1v) is 10.1. The number of anilines is 2. The van der Waals surface area contributed by atoms with E-state index >= 15 is 0 Å². The zero-order chi connectivity index (χ0) is 21.0. The van der Waals surface area contributed by atoms with Gasteiger partial charge in [-0.1, -0.05) is 18.2 Å². The molecule has 3 aromatic rings. The minimum Gasteiger partial charge on any atom is -0.465 e. The molecule has 30 heavy (non-hydrogen) atoms. The van der Waals surface area contributed by atoms with Gasteiger partial charge in [0.15, 0.2) is 5.13 Å². The highest BCUT2D eigenvalue weighted by Gasteiger charge is 2.46. The van der Waals surface area contributed by atoms with Gasteiger partial charge < -0.3 is 9.64 Å². The van der Waals surface area contributed by atoms with Crippen LogP contribution in [0.15, 0.2) is 72.6 Å². The van der Waals surface area contributed by atoms with Crippen LogP contribution in [0.4, 0.5) is 19.6 Å². The third-order valence-corrected chi connectivity index (χ3v) is 5.30. The molecule has 6 nitrogen and oxygen atoms in total. The van der Waals surface area contributed by atoms with E-state index in [2.05, 4.69) is 15.3 Å². The predicted octanol–water partition coefficient (Wildman–Crippen LogP) is 4.66. The van der Waals surface area contributed by atoms with E-state index < -0.39 is 17.9 Å². The summed E-state index contributed by atoms with van der Waals surface area (Å²) in [6.45, 7) is -0.365. The van der Waals surface area contributed by atoms with Crippen molar-refractivity contribution in [2.24, 2.45) is 0 Å². The Bertz CT molecular complexity index is 1030. The van der Waals surface area contributed by atoms with Gasteiger partial charge in [0, 0.05) is 36.0 Å². The molecule has 1 N–H and O–H groups in total. The fraction of sp³-hybridized carbons (Fsp3) is 0.190. The first-order valence-electron chi connectivity index (χ1n) is 9.19. The highest BCUT2D eigenvalue weighted by atomic mass is 32.1. The number of benzene rings is 1. The maximum absolute atomic E-state index is 14.1. The molecule has 3 heterocycles. The molecule has 0 spiro atoms. The molecule has 0 aliphatic carbocycles. The van der Waals surface area contributed by atoms with Crippen LogP contribution in [0.1, 0.15) is 18.2 Å². The summed E-state index contributed by atoms with van der Waals surface area (Å²) in [6, 6.07) is 11.8. The van der Waals surface area contributed by atoms with E-state index in [0.29, 0.717) is 16.6 Å². The number of carbonyl (C=O) groups excluding carboxylic acids is 1. The lowest BCUT2D eigenvalue weighted by atomic mass is 10.1. The monoisotopic (exact) mass is 428 g/mol. The van der Waals surface area contributed by atoms with Gasteiger partial charge in [-0.15, -0.1) is 11.3 Å². The summed E-state index contributed by atoms with van der Waals surface area (Å²) in [5, 5.41) is 4.67. The molecular weight excluding hydrogens is 410 g/mol. The van der Waals surface area contributed by atoms with E-state index in [4.69, 9.17) is 4.74 Å². The predicted molar refractivity (Wildman–Crippen MR) is 111 cm³/mol. The zero-order valence-electron chi connectivity index (χ0n) is 15.7. The molecule has 1 saturated heterocycles. The average Bonchev–Trinajstić information content (AvgIpc) is 3.33. The Morgan fingerprint density at radius 1 is 1.23 bits per heavy atom. The number of thiazole rings is 1. The van der Waals surface area contributed by atoms with E-state index in [1.807, 2.05) is 18.2 Å². The number of ether oxygens (including phenoxy) is 1. The Morgan fingerprint density at radius 3 is 2.77 bits per heavy atom. The van der Waals surface area contributed by atoms with Crippen molar-refractivity contribution in [3.05, 3.63) is 78.3 Å². The number of nitrogens with zero attached hydrogens (tertiary/aromatic N) is 3. The number of aromatic nitrogens is 2. The van der Waals surface area contributed by atoms with Crippen LogP contribution in [-0.4, -0.2) is 28.3 Å². The molecule has 4 rings (SSSR count). The van der Waals surface area contributed by atoms with Crippen LogP contribution in [0.2, 0.25) is 0 Å². The molecular formula is C21H18F2N4O2S. The summed E-state index contributed by atoms with van der Waals surface area (Å²) in [5.74, 6) is -2.68. The fourth-order valence-electron chi connectivity index (χ4n) is 3.21. The molecule has 1 amide bonds. The van der Waals surface area contributed by atoms with Gasteiger partial charge in [0.05, 0.1) is 24.5 Å². The van der Waals surface area contributed by atoms with Crippen molar-refractivity contribution in [3.8, 4) is 5.75 Å². The number of carbonyl (C=O) groups is 1. The van der Waals surface area contributed by atoms with Gasteiger partial charge in [-0.3, -0.25) is 15.1 Å². The number of alkyl halides is 2. The lowest BCUT2D eigenvalue weighted by molar-refractivity contribution is -0.112. The average molecular weight is 428 g/mol. The number of pyridine rings is 1. The second-order valence-corrected chi connectivity index (χ2v) is 7.57. The lowest BCUT2D eigenvalue weighted by Gasteiger charge is -2.24. The normalized spacial score (nSPS) is 17.9. The fourth-order valence-corrected chi connectivity index (χ4v) is 3.97. The van der Waals surface area contributed by atoms with Gasteiger partial charge in [-0.25, -0.2) is 13.8 Å². The standard InChI is InChI=1S/C21H18F2N4O2S/c22-21(23)12-18(27(14-21)15-4-2-1-3-5-15)17-13-30-20(25-17)26-19(28)8-11-29-16-6-9-24-10-7-16/h1-11,13,18H,12,14H2,(H,25,26,28)/t18-/m1/s1. The van der Waals surface area contributed by atoms with Crippen LogP contribution in [-0.2, 0) is 4.79 Å². The highest BCUT2D eigenvalue weighted by molar-refractivity contribution is 7.14. The SMILES string of the molecule is O=C(C=COc1ccncc1)Nc1nc([C@H]2CC(F)(F)CN2c2ccccc2)cs1. The number of para-hydroxylation sites is 1. The first-order chi connectivity index (χ1) is 14.5. The maximum Gasteiger partial charge on any atom is 0.267 e. The van der Waals surface area contributed by atoms with Gasteiger partial charge in [0.25, 0.3) is 11.8 Å². The van der Waals surface area contributed by atoms with Crippen LogP contribution in [0.5, 0.6) is 5.75 Å². The highest BCUT2D eigenvalue weighted by Crippen LogP contribution is 2.43. The van der Waals surface area contributed by atoms with Crippen LogP contribution in [0, 0.1) is 0 Å². The Hall–Kier alpha value is -3.33. The molecule has 0 unspecified atom stereocenters. The largest absolute Gasteiger partial charge is 0.465 e. The van der Waals surface area contributed by atoms with Crippen LogP contribution < -0.4 is 15.0 Å². The molecule has 1 aromatic carbocycles. The van der Waals surface area contributed by atoms with Gasteiger partial charge in [-0.2, -0.15) is 0 Å². The Kier molecular flexibility index (Phi) is 5.71. The maximum atomic E-state index is 14.1. The summed E-state index contributed by atoms with van der Waals surface area (Å²) in [4.78, 5) is 22.0. The molecule has 0 bridgehead atoms. The zero-order valence-corrected chi connectivity index (χ0v) is 16.6. The van der Waals surface area contributed by atoms with E-state index in [1.165, 1.54) is 23.7 Å². The van der Waals surface area contributed by atoms with Crippen molar-refractivity contribution < 1.29 is 18.3 Å². The number of halogens is 2. The third-order valence-electron chi connectivity index (χ3n) is 4.52. The molecule has 1 aliphatic rings. The van der Waals surface area contributed by atoms with E-state index in [-0.39, 0.29) is 13.0 Å². The van der Waals surface area contributed by atoms with Crippen molar-refractivity contribution in [2.75, 3.05) is 16.8 Å². The van der Waals surface area contributed by atoms with Crippen molar-refractivity contribution >= 4 is 28.1 Å². The van der Waals surface area contributed by atoms with Crippen molar-refractivity contribution in [3.63, 3.8) is 0 Å². The van der Waals surface area contributed by atoms with Gasteiger partial charge in [-0.05, 0) is 24.3 Å². The molecule has 154 valence electrons. The third kappa shape index (κ3) is 4.80. The minimum absolute atomic E-state index is 0.321. The van der Waals surface area contributed by atoms with Crippen LogP contribution in [0.25, 0.3) is 0 Å². The van der Waals surface area contributed by atoms with Crippen molar-refractivity contribution in [1.29, 1.82) is 0 Å². The molecule has 1 fully saturated rings. The number of hydrogen-bond donors (Lipinski definition) is 1. The Morgan fingerprint density at radius 2 is 2.00 bits per heavy atom. The minimum atomic E-state index is -2.80. The number of hydrogen-bond acceptors (Lipinski definition) is 6. The first kappa shape index (κ1) is 20.0. The molecule has 1 aliphatic heterocycles. The molecule has 9 heteroatoms. The molecule has 2 aromatic heterocycles. The summed E-state index contributed by atoms with van der Waals surface area (Å²) in [7, 11) is 0. The second-order valence-electron chi connectivity index (χ2n) is 6.71. The summed E-state index contributed by atoms with van der Waals surface area (Å²) < 4.78 is 33.6. The summed E-state index contributed by atoms with van der Waals surface area (Å²) >= 11 is 1.19. The summed E-state index contributed by atoms with van der Waals surface area (Å²) in [6.07, 6.45) is 5.31. The summed E-state index contributed by atoms with van der Waals surface area (Å²) in [5.41, 5.74) is 1.22. The van der Waals surface area contributed by atoms with Crippen molar-refractivity contribution in [1.82, 2.24) is 9.97 Å².